The van der Waals surface area contributed by atoms with E-state index in [0.717, 1.165) is 66.7 Å². The Morgan fingerprint density at radius 2 is 2.03 bits per heavy atom. The van der Waals surface area contributed by atoms with E-state index >= 15 is 0 Å². The van der Waals surface area contributed by atoms with Crippen molar-refractivity contribution in [3.63, 3.8) is 0 Å². The van der Waals surface area contributed by atoms with Crippen LogP contribution in [0.15, 0.2) is 24.3 Å². The van der Waals surface area contributed by atoms with Crippen LogP contribution in [0.3, 0.4) is 0 Å². The first-order valence-electron chi connectivity index (χ1n) is 10.3. The maximum absolute atomic E-state index is 11.8. The number of ether oxygens (including phenoxy) is 2. The zero-order chi connectivity index (χ0) is 20.0. The van der Waals surface area contributed by atoms with Crippen molar-refractivity contribution in [1.29, 1.82) is 0 Å². The second kappa shape index (κ2) is 7.13. The molecule has 4 heterocycles. The van der Waals surface area contributed by atoms with Crippen molar-refractivity contribution in [3.05, 3.63) is 41.1 Å². The van der Waals surface area contributed by atoms with E-state index in [1.807, 2.05) is 25.1 Å². The Hall–Kier alpha value is -2.96. The summed E-state index contributed by atoms with van der Waals surface area (Å²) in [6.45, 7) is 5.95. The molecule has 0 radical (unpaired) electrons. The zero-order valence-corrected chi connectivity index (χ0v) is 16.9. The fraction of sp³-hybridized carbons (Fsp3) is 0.455. The first-order chi connectivity index (χ1) is 14.1. The first kappa shape index (κ1) is 18.1. The standard InChI is InChI=1S/C22H26N4O3/c1-14-11-17-18(13-23-22(17)27)24-21(14)26-7-5-15(6-8-26)29-16-3-4-19-20(12-16)28-10-9-25(19)2/h3-4,11-12,15H,5-10,13H2,1-2H3,(H,23,27). The Labute approximate surface area is 170 Å². The molecule has 1 aromatic heterocycles. The molecule has 7 heteroatoms. The molecule has 0 atom stereocenters. The number of rotatable bonds is 3. The van der Waals surface area contributed by atoms with Crippen molar-refractivity contribution in [2.75, 3.05) is 43.1 Å². The van der Waals surface area contributed by atoms with Crippen LogP contribution in [-0.2, 0) is 6.54 Å². The molecule has 1 saturated heterocycles. The predicted molar refractivity (Wildman–Crippen MR) is 111 cm³/mol. The number of likely N-dealkylation sites (N-methyl/N-ethyl adjacent to an activating group) is 1. The second-order valence-corrected chi connectivity index (χ2v) is 8.01. The number of benzene rings is 1. The van der Waals surface area contributed by atoms with Crippen LogP contribution in [0.4, 0.5) is 11.5 Å². The number of pyridine rings is 1. The van der Waals surface area contributed by atoms with Gasteiger partial charge in [0.2, 0.25) is 0 Å². The van der Waals surface area contributed by atoms with Gasteiger partial charge in [-0.2, -0.15) is 0 Å². The molecule has 1 aromatic carbocycles. The molecule has 152 valence electrons. The van der Waals surface area contributed by atoms with Crippen molar-refractivity contribution in [2.45, 2.75) is 32.4 Å². The highest BCUT2D eigenvalue weighted by atomic mass is 16.5. The molecule has 0 aliphatic carbocycles. The fourth-order valence-corrected chi connectivity index (χ4v) is 4.34. The topological polar surface area (TPSA) is 66.9 Å². The molecular formula is C22H26N4O3. The molecule has 7 nitrogen and oxygen atoms in total. The Kier molecular flexibility index (Phi) is 4.45. The lowest BCUT2D eigenvalue weighted by Crippen LogP contribution is -2.39. The number of hydrogen-bond acceptors (Lipinski definition) is 6. The molecule has 5 rings (SSSR count). The van der Waals surface area contributed by atoms with E-state index in [1.54, 1.807) is 0 Å². The molecule has 0 spiro atoms. The van der Waals surface area contributed by atoms with Crippen LogP contribution in [-0.4, -0.2) is 50.3 Å². The quantitative estimate of drug-likeness (QED) is 0.863. The van der Waals surface area contributed by atoms with E-state index in [0.29, 0.717) is 18.7 Å². The number of carbonyl (C=O) groups is 1. The van der Waals surface area contributed by atoms with Crippen molar-refractivity contribution >= 4 is 17.4 Å². The summed E-state index contributed by atoms with van der Waals surface area (Å²) in [5.41, 5.74) is 3.73. The van der Waals surface area contributed by atoms with Gasteiger partial charge in [-0.3, -0.25) is 4.79 Å². The minimum atomic E-state index is -0.0190. The average molecular weight is 394 g/mol. The van der Waals surface area contributed by atoms with Gasteiger partial charge in [-0.05, 0) is 30.7 Å². The number of nitrogens with zero attached hydrogens (tertiary/aromatic N) is 3. The van der Waals surface area contributed by atoms with Crippen LogP contribution in [0.1, 0.15) is 34.5 Å². The maximum Gasteiger partial charge on any atom is 0.253 e. The summed E-state index contributed by atoms with van der Waals surface area (Å²) in [4.78, 5) is 21.1. The van der Waals surface area contributed by atoms with Crippen LogP contribution >= 0.6 is 0 Å². The summed E-state index contributed by atoms with van der Waals surface area (Å²) < 4.78 is 12.0. The zero-order valence-electron chi connectivity index (χ0n) is 16.9. The first-order valence-corrected chi connectivity index (χ1v) is 10.3. The van der Waals surface area contributed by atoms with E-state index < -0.39 is 0 Å². The van der Waals surface area contributed by atoms with Gasteiger partial charge in [0, 0.05) is 39.0 Å². The van der Waals surface area contributed by atoms with Gasteiger partial charge in [-0.15, -0.1) is 0 Å². The SMILES string of the molecule is Cc1cc2c(nc1N1CCC(Oc3ccc4c(c3)OCCN4C)CC1)CNC2=O. The molecule has 1 N–H and O–H groups in total. The molecule has 0 saturated carbocycles. The molecule has 2 aromatic rings. The lowest BCUT2D eigenvalue weighted by atomic mass is 10.1. The highest BCUT2D eigenvalue weighted by Gasteiger charge is 2.27. The van der Waals surface area contributed by atoms with Gasteiger partial charge in [0.05, 0.1) is 30.0 Å². The predicted octanol–water partition coefficient (Wildman–Crippen LogP) is 2.51. The van der Waals surface area contributed by atoms with Gasteiger partial charge in [-0.25, -0.2) is 4.98 Å². The third-order valence-electron chi connectivity index (χ3n) is 6.00. The van der Waals surface area contributed by atoms with Crippen molar-refractivity contribution < 1.29 is 14.3 Å². The number of aromatic nitrogens is 1. The van der Waals surface area contributed by atoms with Gasteiger partial charge >= 0.3 is 0 Å². The largest absolute Gasteiger partial charge is 0.490 e. The minimum absolute atomic E-state index is 0.0190. The smallest absolute Gasteiger partial charge is 0.253 e. The number of piperidine rings is 1. The Morgan fingerprint density at radius 1 is 1.21 bits per heavy atom. The molecule has 3 aliphatic rings. The Balaban J connectivity index is 1.24. The number of aryl methyl sites for hydroxylation is 1. The van der Waals surface area contributed by atoms with E-state index in [-0.39, 0.29) is 12.0 Å². The van der Waals surface area contributed by atoms with Gasteiger partial charge in [0.25, 0.3) is 5.91 Å². The number of carbonyl (C=O) groups excluding carboxylic acids is 1. The summed E-state index contributed by atoms with van der Waals surface area (Å²) in [5.74, 6) is 2.74. The normalized spacial score (nSPS) is 18.8. The van der Waals surface area contributed by atoms with Gasteiger partial charge in [-0.1, -0.05) is 0 Å². The van der Waals surface area contributed by atoms with Crippen molar-refractivity contribution in [3.8, 4) is 11.5 Å². The molecule has 1 amide bonds. The minimum Gasteiger partial charge on any atom is -0.490 e. The van der Waals surface area contributed by atoms with E-state index in [2.05, 4.69) is 28.2 Å². The highest BCUT2D eigenvalue weighted by Crippen LogP contribution is 2.35. The maximum atomic E-state index is 11.8. The summed E-state index contributed by atoms with van der Waals surface area (Å²) in [5, 5.41) is 2.85. The molecular weight excluding hydrogens is 368 g/mol. The number of hydrogen-bond donors (Lipinski definition) is 1. The summed E-state index contributed by atoms with van der Waals surface area (Å²) in [6, 6.07) is 8.08. The summed E-state index contributed by atoms with van der Waals surface area (Å²) in [6.07, 6.45) is 2.06. The van der Waals surface area contributed by atoms with Gasteiger partial charge < -0.3 is 24.6 Å². The number of nitrogens with one attached hydrogen (secondary N) is 1. The monoisotopic (exact) mass is 394 g/mol. The van der Waals surface area contributed by atoms with Crippen LogP contribution in [0.5, 0.6) is 11.5 Å². The van der Waals surface area contributed by atoms with Crippen LogP contribution in [0.25, 0.3) is 0 Å². The van der Waals surface area contributed by atoms with Gasteiger partial charge in [0.1, 0.15) is 30.0 Å². The lowest BCUT2D eigenvalue weighted by molar-refractivity contribution is 0.0965. The summed E-state index contributed by atoms with van der Waals surface area (Å²) in [7, 11) is 2.08. The highest BCUT2D eigenvalue weighted by molar-refractivity contribution is 5.98. The molecule has 29 heavy (non-hydrogen) atoms. The molecule has 1 fully saturated rings. The van der Waals surface area contributed by atoms with Crippen molar-refractivity contribution in [2.24, 2.45) is 0 Å². The third kappa shape index (κ3) is 3.34. The van der Waals surface area contributed by atoms with E-state index in [4.69, 9.17) is 14.5 Å². The molecule has 0 bridgehead atoms. The van der Waals surface area contributed by atoms with E-state index in [1.165, 1.54) is 0 Å². The Morgan fingerprint density at radius 3 is 2.86 bits per heavy atom. The number of amides is 1. The Bertz CT molecular complexity index is 953. The average Bonchev–Trinajstić information content (AvgIpc) is 3.08. The van der Waals surface area contributed by atoms with Gasteiger partial charge in [0.15, 0.2) is 0 Å². The number of anilines is 2. The number of fused-ring (bicyclic) bond motifs is 2. The van der Waals surface area contributed by atoms with Crippen LogP contribution in [0, 0.1) is 6.92 Å². The van der Waals surface area contributed by atoms with Crippen LogP contribution in [0.2, 0.25) is 0 Å². The molecule has 0 unspecified atom stereocenters. The summed E-state index contributed by atoms with van der Waals surface area (Å²) >= 11 is 0. The van der Waals surface area contributed by atoms with Crippen molar-refractivity contribution in [1.82, 2.24) is 10.3 Å². The third-order valence-corrected chi connectivity index (χ3v) is 6.00. The lowest BCUT2D eigenvalue weighted by Gasteiger charge is -2.34. The van der Waals surface area contributed by atoms with Crippen LogP contribution < -0.4 is 24.6 Å². The fourth-order valence-electron chi connectivity index (χ4n) is 4.34. The second-order valence-electron chi connectivity index (χ2n) is 8.01. The molecule has 3 aliphatic heterocycles. The van der Waals surface area contributed by atoms with E-state index in [9.17, 15) is 4.79 Å².